The van der Waals surface area contributed by atoms with E-state index in [1.165, 1.54) is 6.07 Å². The topological polar surface area (TPSA) is 58.4 Å². The van der Waals surface area contributed by atoms with E-state index in [9.17, 15) is 13.6 Å². The second-order valence-electron chi connectivity index (χ2n) is 5.85. The van der Waals surface area contributed by atoms with Gasteiger partial charge in [0.25, 0.3) is 0 Å². The normalized spacial score (nSPS) is 10.7. The summed E-state index contributed by atoms with van der Waals surface area (Å²) in [7, 11) is 0. The fourth-order valence-electron chi connectivity index (χ4n) is 2.72. The molecular weight excluding hydrogens is 350 g/mol. The van der Waals surface area contributed by atoms with Gasteiger partial charge >= 0.3 is 6.03 Å². The molecule has 0 atom stereocenters. The van der Waals surface area contributed by atoms with Crippen LogP contribution < -0.4 is 10.6 Å². The number of para-hydroxylation sites is 1. The quantitative estimate of drug-likeness (QED) is 0.542. The van der Waals surface area contributed by atoms with E-state index in [0.29, 0.717) is 5.69 Å². The van der Waals surface area contributed by atoms with Gasteiger partial charge in [-0.05, 0) is 36.4 Å². The molecule has 0 unspecified atom stereocenters. The number of anilines is 2. The molecule has 0 bridgehead atoms. The molecule has 0 saturated heterocycles. The van der Waals surface area contributed by atoms with Crippen molar-refractivity contribution < 1.29 is 13.6 Å². The van der Waals surface area contributed by atoms with E-state index in [-0.39, 0.29) is 0 Å². The van der Waals surface area contributed by atoms with Crippen LogP contribution in [0, 0.1) is 11.6 Å². The second-order valence-corrected chi connectivity index (χ2v) is 5.85. The summed E-state index contributed by atoms with van der Waals surface area (Å²) in [6, 6.07) is 15.4. The van der Waals surface area contributed by atoms with Crippen LogP contribution in [0.4, 0.5) is 25.0 Å². The van der Waals surface area contributed by atoms with Crippen LogP contribution in [0.25, 0.3) is 16.9 Å². The van der Waals surface area contributed by atoms with Crippen LogP contribution in [-0.4, -0.2) is 15.4 Å². The first-order chi connectivity index (χ1) is 13.1. The summed E-state index contributed by atoms with van der Waals surface area (Å²) >= 11 is 0. The Bertz CT molecular complexity index is 1090. The van der Waals surface area contributed by atoms with Crippen LogP contribution in [0.5, 0.6) is 0 Å². The van der Waals surface area contributed by atoms with Crippen LogP contribution in [-0.2, 0) is 0 Å². The molecule has 4 rings (SSSR count). The molecule has 2 N–H and O–H groups in total. The van der Waals surface area contributed by atoms with Gasteiger partial charge in [0.05, 0.1) is 5.69 Å². The number of nitrogens with one attached hydrogen (secondary N) is 2. The molecule has 0 aliphatic rings. The van der Waals surface area contributed by atoms with Gasteiger partial charge in [0.1, 0.15) is 23.0 Å². The Morgan fingerprint density at radius 2 is 1.70 bits per heavy atom. The maximum atomic E-state index is 13.6. The minimum Gasteiger partial charge on any atom is -0.308 e. The van der Waals surface area contributed by atoms with Crippen molar-refractivity contribution in [2.75, 3.05) is 10.6 Å². The Labute approximate surface area is 153 Å². The first-order valence-electron chi connectivity index (χ1n) is 8.16. The molecule has 27 heavy (non-hydrogen) atoms. The molecule has 2 heterocycles. The van der Waals surface area contributed by atoms with Crippen molar-refractivity contribution in [2.24, 2.45) is 0 Å². The maximum absolute atomic E-state index is 13.6. The minimum atomic E-state index is -0.844. The summed E-state index contributed by atoms with van der Waals surface area (Å²) in [5.41, 5.74) is 2.32. The van der Waals surface area contributed by atoms with E-state index in [0.717, 1.165) is 29.0 Å². The third-order valence-corrected chi connectivity index (χ3v) is 3.98. The third-order valence-electron chi connectivity index (χ3n) is 3.98. The maximum Gasteiger partial charge on any atom is 0.323 e. The highest BCUT2D eigenvalue weighted by Gasteiger charge is 2.12. The van der Waals surface area contributed by atoms with Gasteiger partial charge in [-0.25, -0.2) is 18.6 Å². The largest absolute Gasteiger partial charge is 0.323 e. The van der Waals surface area contributed by atoms with Gasteiger partial charge in [-0.3, -0.25) is 0 Å². The average molecular weight is 364 g/mol. The van der Waals surface area contributed by atoms with E-state index < -0.39 is 23.4 Å². The summed E-state index contributed by atoms with van der Waals surface area (Å²) in [5, 5.41) is 4.76. The Hall–Kier alpha value is -3.74. The SMILES string of the molecule is O=C(Nc1cccc(-c2cn3ccccc3n2)c1)Nc1c(F)cccc1F. The van der Waals surface area contributed by atoms with Gasteiger partial charge in [0, 0.05) is 23.6 Å². The first-order valence-corrected chi connectivity index (χ1v) is 8.16. The summed E-state index contributed by atoms with van der Waals surface area (Å²) in [5.74, 6) is -1.69. The highest BCUT2D eigenvalue weighted by molar-refractivity contribution is 6.00. The molecule has 134 valence electrons. The molecule has 0 fully saturated rings. The summed E-state index contributed by atoms with van der Waals surface area (Å²) in [4.78, 5) is 16.6. The van der Waals surface area contributed by atoms with E-state index in [4.69, 9.17) is 0 Å². The van der Waals surface area contributed by atoms with Crippen molar-refractivity contribution in [3.63, 3.8) is 0 Å². The molecule has 0 aliphatic heterocycles. The molecule has 2 aromatic heterocycles. The lowest BCUT2D eigenvalue weighted by molar-refractivity contribution is 0.262. The lowest BCUT2D eigenvalue weighted by Crippen LogP contribution is -2.20. The number of fused-ring (bicyclic) bond motifs is 1. The van der Waals surface area contributed by atoms with E-state index in [1.807, 2.05) is 41.1 Å². The number of amides is 2. The van der Waals surface area contributed by atoms with Crippen LogP contribution >= 0.6 is 0 Å². The summed E-state index contributed by atoms with van der Waals surface area (Å²) in [6.45, 7) is 0. The van der Waals surface area contributed by atoms with Gasteiger partial charge in [0.15, 0.2) is 0 Å². The average Bonchev–Trinajstić information content (AvgIpc) is 3.09. The zero-order valence-electron chi connectivity index (χ0n) is 14.0. The molecule has 7 heteroatoms. The number of carbonyl (C=O) groups is 1. The molecular formula is C20H14F2N4O. The highest BCUT2D eigenvalue weighted by Crippen LogP contribution is 2.23. The van der Waals surface area contributed by atoms with Gasteiger partial charge in [-0.2, -0.15) is 0 Å². The number of imidazole rings is 1. The number of rotatable bonds is 3. The second kappa shape index (κ2) is 6.87. The number of urea groups is 1. The molecule has 0 saturated carbocycles. The number of carbonyl (C=O) groups excluding carboxylic acids is 1. The number of hydrogen-bond donors (Lipinski definition) is 2. The lowest BCUT2D eigenvalue weighted by atomic mass is 10.1. The zero-order valence-corrected chi connectivity index (χ0v) is 14.0. The monoisotopic (exact) mass is 364 g/mol. The Balaban J connectivity index is 1.55. The van der Waals surface area contributed by atoms with Crippen LogP contribution in [0.2, 0.25) is 0 Å². The fourth-order valence-corrected chi connectivity index (χ4v) is 2.72. The first kappa shape index (κ1) is 16.7. The van der Waals surface area contributed by atoms with Crippen molar-refractivity contribution in [2.45, 2.75) is 0 Å². The van der Waals surface area contributed by atoms with E-state index in [2.05, 4.69) is 15.6 Å². The van der Waals surface area contributed by atoms with Crippen molar-refractivity contribution >= 4 is 23.1 Å². The predicted molar refractivity (Wildman–Crippen MR) is 99.6 cm³/mol. The zero-order chi connectivity index (χ0) is 18.8. The molecule has 2 aromatic carbocycles. The molecule has 4 aromatic rings. The van der Waals surface area contributed by atoms with Gasteiger partial charge in [-0.15, -0.1) is 0 Å². The number of aromatic nitrogens is 2. The molecule has 2 amide bonds. The number of pyridine rings is 1. The van der Waals surface area contributed by atoms with Crippen molar-refractivity contribution in [3.05, 3.63) is 84.7 Å². The standard InChI is InChI=1S/C20H14F2N4O/c21-15-7-4-8-16(22)19(15)25-20(27)23-14-6-3-5-13(11-14)17-12-26-10-2-1-9-18(26)24-17/h1-12H,(H2,23,25,27). The molecule has 0 spiro atoms. The van der Waals surface area contributed by atoms with E-state index >= 15 is 0 Å². The summed E-state index contributed by atoms with van der Waals surface area (Å²) in [6.07, 6.45) is 3.77. The van der Waals surface area contributed by atoms with Crippen LogP contribution in [0.3, 0.4) is 0 Å². The van der Waals surface area contributed by atoms with Gasteiger partial charge in [0.2, 0.25) is 0 Å². The molecule has 5 nitrogen and oxygen atoms in total. The Morgan fingerprint density at radius 1 is 0.926 bits per heavy atom. The van der Waals surface area contributed by atoms with Crippen molar-refractivity contribution in [3.8, 4) is 11.3 Å². The summed E-state index contributed by atoms with van der Waals surface area (Å²) < 4.78 is 29.2. The van der Waals surface area contributed by atoms with Crippen LogP contribution in [0.15, 0.2) is 73.1 Å². The smallest absolute Gasteiger partial charge is 0.308 e. The number of halogens is 2. The van der Waals surface area contributed by atoms with Gasteiger partial charge in [-0.1, -0.05) is 24.3 Å². The fraction of sp³-hybridized carbons (Fsp3) is 0. The van der Waals surface area contributed by atoms with E-state index in [1.54, 1.807) is 18.2 Å². The Kier molecular flexibility index (Phi) is 4.25. The van der Waals surface area contributed by atoms with Crippen LogP contribution in [0.1, 0.15) is 0 Å². The number of nitrogens with zero attached hydrogens (tertiary/aromatic N) is 2. The molecule has 0 aliphatic carbocycles. The number of benzene rings is 2. The number of hydrogen-bond acceptors (Lipinski definition) is 2. The Morgan fingerprint density at radius 3 is 2.48 bits per heavy atom. The third kappa shape index (κ3) is 3.48. The van der Waals surface area contributed by atoms with Crippen molar-refractivity contribution in [1.82, 2.24) is 9.38 Å². The minimum absolute atomic E-state index is 0.471. The highest BCUT2D eigenvalue weighted by atomic mass is 19.1. The van der Waals surface area contributed by atoms with Crippen molar-refractivity contribution in [1.29, 1.82) is 0 Å². The van der Waals surface area contributed by atoms with Gasteiger partial charge < -0.3 is 15.0 Å². The molecule has 0 radical (unpaired) electrons. The lowest BCUT2D eigenvalue weighted by Gasteiger charge is -2.10. The predicted octanol–water partition coefficient (Wildman–Crippen LogP) is 4.92.